The molecule has 0 aromatic heterocycles. The summed E-state index contributed by atoms with van der Waals surface area (Å²) < 4.78 is 10.7. The quantitative estimate of drug-likeness (QED) is 0.882. The standard InChI is InChI=1S/C14H22N2O2/c1-17-13-5-6-14(18-2)11(8-13)9-16-7-3-4-12(15)10-16/h5-6,8,12H,3-4,7,9-10,15H2,1-2H3. The molecule has 4 heteroatoms. The first-order valence-electron chi connectivity index (χ1n) is 6.41. The van der Waals surface area contributed by atoms with E-state index in [9.17, 15) is 0 Å². The highest BCUT2D eigenvalue weighted by Crippen LogP contribution is 2.26. The monoisotopic (exact) mass is 250 g/mol. The Morgan fingerprint density at radius 2 is 2.17 bits per heavy atom. The van der Waals surface area contributed by atoms with Crippen molar-refractivity contribution in [3.8, 4) is 11.5 Å². The Morgan fingerprint density at radius 3 is 2.83 bits per heavy atom. The van der Waals surface area contributed by atoms with Gasteiger partial charge in [-0.1, -0.05) is 0 Å². The molecule has 0 bridgehead atoms. The molecular formula is C14H22N2O2. The summed E-state index contributed by atoms with van der Waals surface area (Å²) in [5.74, 6) is 1.78. The largest absolute Gasteiger partial charge is 0.497 e. The van der Waals surface area contributed by atoms with Crippen molar-refractivity contribution in [2.75, 3.05) is 27.3 Å². The number of nitrogens with two attached hydrogens (primary N) is 1. The highest BCUT2D eigenvalue weighted by atomic mass is 16.5. The number of hydrogen-bond donors (Lipinski definition) is 1. The summed E-state index contributed by atoms with van der Waals surface area (Å²) in [5.41, 5.74) is 7.17. The lowest BCUT2D eigenvalue weighted by molar-refractivity contribution is 0.199. The first-order chi connectivity index (χ1) is 8.72. The zero-order valence-electron chi connectivity index (χ0n) is 11.2. The highest BCUT2D eigenvalue weighted by molar-refractivity contribution is 5.40. The topological polar surface area (TPSA) is 47.7 Å². The molecular weight excluding hydrogens is 228 g/mol. The second-order valence-corrected chi connectivity index (χ2v) is 4.82. The van der Waals surface area contributed by atoms with Gasteiger partial charge in [0, 0.05) is 24.7 Å². The van der Waals surface area contributed by atoms with Gasteiger partial charge in [-0.15, -0.1) is 0 Å². The third-order valence-electron chi connectivity index (χ3n) is 3.42. The number of rotatable bonds is 4. The van der Waals surface area contributed by atoms with E-state index < -0.39 is 0 Å². The van der Waals surface area contributed by atoms with Crippen LogP contribution in [-0.2, 0) is 6.54 Å². The van der Waals surface area contributed by atoms with Gasteiger partial charge in [-0.25, -0.2) is 0 Å². The van der Waals surface area contributed by atoms with Crippen molar-refractivity contribution in [1.82, 2.24) is 4.90 Å². The van der Waals surface area contributed by atoms with Gasteiger partial charge in [0.1, 0.15) is 11.5 Å². The average molecular weight is 250 g/mol. The van der Waals surface area contributed by atoms with E-state index in [-0.39, 0.29) is 0 Å². The van der Waals surface area contributed by atoms with Gasteiger partial charge < -0.3 is 15.2 Å². The summed E-state index contributed by atoms with van der Waals surface area (Å²) in [6.07, 6.45) is 2.30. The maximum absolute atomic E-state index is 6.01. The molecule has 0 aliphatic carbocycles. The molecule has 2 N–H and O–H groups in total. The number of piperidine rings is 1. The van der Waals surface area contributed by atoms with E-state index >= 15 is 0 Å². The average Bonchev–Trinajstić information content (AvgIpc) is 2.38. The Kier molecular flexibility index (Phi) is 4.44. The molecule has 0 saturated carbocycles. The predicted molar refractivity (Wildman–Crippen MR) is 72.0 cm³/mol. The first kappa shape index (κ1) is 13.2. The molecule has 0 amide bonds. The molecule has 1 heterocycles. The normalized spacial score (nSPS) is 20.7. The Bertz CT molecular complexity index is 395. The van der Waals surface area contributed by atoms with Gasteiger partial charge in [-0.05, 0) is 37.6 Å². The highest BCUT2D eigenvalue weighted by Gasteiger charge is 2.18. The molecule has 0 radical (unpaired) electrons. The predicted octanol–water partition coefficient (Wildman–Crippen LogP) is 1.63. The maximum Gasteiger partial charge on any atom is 0.123 e. The maximum atomic E-state index is 6.01. The number of benzene rings is 1. The fourth-order valence-corrected chi connectivity index (χ4v) is 2.48. The SMILES string of the molecule is COc1ccc(OC)c(CN2CCCC(N)C2)c1. The Labute approximate surface area is 109 Å². The summed E-state index contributed by atoms with van der Waals surface area (Å²) in [6, 6.07) is 6.22. The van der Waals surface area contributed by atoms with Crippen molar-refractivity contribution >= 4 is 0 Å². The van der Waals surface area contributed by atoms with Gasteiger partial charge >= 0.3 is 0 Å². The number of nitrogens with zero attached hydrogens (tertiary/aromatic N) is 1. The van der Waals surface area contributed by atoms with E-state index in [0.717, 1.165) is 43.1 Å². The fraction of sp³-hybridized carbons (Fsp3) is 0.571. The van der Waals surface area contributed by atoms with Gasteiger partial charge in [0.05, 0.1) is 14.2 Å². The molecule has 1 atom stereocenters. The molecule has 1 aromatic carbocycles. The van der Waals surface area contributed by atoms with Gasteiger partial charge in [0.25, 0.3) is 0 Å². The Morgan fingerprint density at radius 1 is 1.33 bits per heavy atom. The molecule has 18 heavy (non-hydrogen) atoms. The lowest BCUT2D eigenvalue weighted by atomic mass is 10.1. The minimum Gasteiger partial charge on any atom is -0.497 e. The van der Waals surface area contributed by atoms with Crippen LogP contribution < -0.4 is 15.2 Å². The van der Waals surface area contributed by atoms with Gasteiger partial charge in [-0.2, -0.15) is 0 Å². The van der Waals surface area contributed by atoms with E-state index in [1.165, 1.54) is 6.42 Å². The van der Waals surface area contributed by atoms with Crippen LogP contribution in [0.25, 0.3) is 0 Å². The number of ether oxygens (including phenoxy) is 2. The van der Waals surface area contributed by atoms with Crippen LogP contribution in [0.5, 0.6) is 11.5 Å². The molecule has 1 fully saturated rings. The zero-order chi connectivity index (χ0) is 13.0. The third-order valence-corrected chi connectivity index (χ3v) is 3.42. The molecule has 1 unspecified atom stereocenters. The molecule has 100 valence electrons. The van der Waals surface area contributed by atoms with E-state index in [1.54, 1.807) is 14.2 Å². The van der Waals surface area contributed by atoms with E-state index in [0.29, 0.717) is 6.04 Å². The minimum absolute atomic E-state index is 0.301. The fourth-order valence-electron chi connectivity index (χ4n) is 2.48. The van der Waals surface area contributed by atoms with Crippen LogP contribution in [0.4, 0.5) is 0 Å². The van der Waals surface area contributed by atoms with E-state index in [4.69, 9.17) is 15.2 Å². The molecule has 4 nitrogen and oxygen atoms in total. The van der Waals surface area contributed by atoms with Crippen LogP contribution in [-0.4, -0.2) is 38.3 Å². The molecule has 1 aliphatic rings. The van der Waals surface area contributed by atoms with E-state index in [2.05, 4.69) is 4.90 Å². The van der Waals surface area contributed by atoms with Crippen LogP contribution in [0.1, 0.15) is 18.4 Å². The Balaban J connectivity index is 2.11. The van der Waals surface area contributed by atoms with Crippen LogP contribution >= 0.6 is 0 Å². The second-order valence-electron chi connectivity index (χ2n) is 4.82. The van der Waals surface area contributed by atoms with Crippen molar-refractivity contribution in [2.45, 2.75) is 25.4 Å². The zero-order valence-corrected chi connectivity index (χ0v) is 11.2. The van der Waals surface area contributed by atoms with Crippen molar-refractivity contribution in [3.05, 3.63) is 23.8 Å². The van der Waals surface area contributed by atoms with Crippen molar-refractivity contribution in [2.24, 2.45) is 5.73 Å². The summed E-state index contributed by atoms with van der Waals surface area (Å²) in [5, 5.41) is 0. The Hall–Kier alpha value is -1.26. The summed E-state index contributed by atoms with van der Waals surface area (Å²) >= 11 is 0. The van der Waals surface area contributed by atoms with Gasteiger partial charge in [-0.3, -0.25) is 4.90 Å². The molecule has 0 spiro atoms. The van der Waals surface area contributed by atoms with Crippen molar-refractivity contribution in [1.29, 1.82) is 0 Å². The van der Waals surface area contributed by atoms with Crippen molar-refractivity contribution < 1.29 is 9.47 Å². The van der Waals surface area contributed by atoms with Crippen LogP contribution in [0.3, 0.4) is 0 Å². The number of methoxy groups -OCH3 is 2. The minimum atomic E-state index is 0.301. The first-order valence-corrected chi connectivity index (χ1v) is 6.41. The number of hydrogen-bond acceptors (Lipinski definition) is 4. The number of likely N-dealkylation sites (tertiary alicyclic amines) is 1. The van der Waals surface area contributed by atoms with Crippen LogP contribution in [0, 0.1) is 0 Å². The van der Waals surface area contributed by atoms with Gasteiger partial charge in [0.15, 0.2) is 0 Å². The molecule has 1 aromatic rings. The van der Waals surface area contributed by atoms with Gasteiger partial charge in [0.2, 0.25) is 0 Å². The third kappa shape index (κ3) is 3.15. The molecule has 1 aliphatic heterocycles. The molecule has 1 saturated heterocycles. The smallest absolute Gasteiger partial charge is 0.123 e. The molecule has 2 rings (SSSR count). The second kappa shape index (κ2) is 6.07. The summed E-state index contributed by atoms with van der Waals surface area (Å²) in [4.78, 5) is 2.38. The van der Waals surface area contributed by atoms with Crippen LogP contribution in [0.2, 0.25) is 0 Å². The summed E-state index contributed by atoms with van der Waals surface area (Å²) in [6.45, 7) is 2.93. The summed E-state index contributed by atoms with van der Waals surface area (Å²) in [7, 11) is 3.38. The van der Waals surface area contributed by atoms with Crippen molar-refractivity contribution in [3.63, 3.8) is 0 Å². The van der Waals surface area contributed by atoms with E-state index in [1.807, 2.05) is 18.2 Å². The van der Waals surface area contributed by atoms with Crippen LogP contribution in [0.15, 0.2) is 18.2 Å². The lowest BCUT2D eigenvalue weighted by Gasteiger charge is -2.31. The lowest BCUT2D eigenvalue weighted by Crippen LogP contribution is -2.42.